The summed E-state index contributed by atoms with van der Waals surface area (Å²) in [5.41, 5.74) is 2.56. The largest absolute Gasteiger partial charge is 0.497 e. The van der Waals surface area contributed by atoms with Crippen LogP contribution in [0.5, 0.6) is 23.0 Å². The Morgan fingerprint density at radius 1 is 0.840 bits per heavy atom. The summed E-state index contributed by atoms with van der Waals surface area (Å²) >= 11 is 0. The van der Waals surface area contributed by atoms with Gasteiger partial charge >= 0.3 is 0 Å². The highest BCUT2D eigenvalue weighted by molar-refractivity contribution is 5.99. The lowest BCUT2D eigenvalue weighted by Gasteiger charge is -2.12. The van der Waals surface area contributed by atoms with Crippen molar-refractivity contribution >= 4 is 11.9 Å². The Kier molecular flexibility index (Phi) is 6.39. The average molecular weight is 342 g/mol. The van der Waals surface area contributed by atoms with Crippen molar-refractivity contribution in [2.45, 2.75) is 6.92 Å². The molecule has 0 aliphatic heterocycles. The van der Waals surface area contributed by atoms with Gasteiger partial charge in [0.05, 0.1) is 40.4 Å². The van der Waals surface area contributed by atoms with Gasteiger partial charge in [-0.3, -0.25) is 0 Å². The van der Waals surface area contributed by atoms with Gasteiger partial charge in [0, 0.05) is 5.56 Å². The van der Waals surface area contributed by atoms with Crippen molar-refractivity contribution in [1.29, 1.82) is 0 Å². The van der Waals surface area contributed by atoms with Gasteiger partial charge in [-0.1, -0.05) is 0 Å². The van der Waals surface area contributed by atoms with Crippen LogP contribution in [0.2, 0.25) is 0 Å². The third-order valence-electron chi connectivity index (χ3n) is 3.61. The second-order valence-corrected chi connectivity index (χ2v) is 5.12. The molecule has 6 nitrogen and oxygen atoms in total. The number of hydrogen-bond donors (Lipinski definition) is 0. The Morgan fingerprint density at radius 3 is 1.92 bits per heavy atom. The first-order chi connectivity index (χ1) is 12.1. The maximum atomic E-state index is 5.32. The first-order valence-corrected chi connectivity index (χ1v) is 7.65. The standard InChI is InChI=1S/C19H22N2O4/c1-13(15-6-8-16(22-2)9-7-15)21-20-12-14-10-17(23-3)19(25-5)18(11-14)24-4/h6-12H,1-5H3/b20-12+,21-13-. The van der Waals surface area contributed by atoms with Crippen molar-refractivity contribution in [1.82, 2.24) is 0 Å². The van der Waals surface area contributed by atoms with Crippen LogP contribution >= 0.6 is 0 Å². The number of ether oxygens (including phenoxy) is 4. The van der Waals surface area contributed by atoms with Crippen LogP contribution in [-0.2, 0) is 0 Å². The Bertz CT molecular complexity index is 742. The van der Waals surface area contributed by atoms with Gasteiger partial charge in [-0.25, -0.2) is 0 Å². The van der Waals surface area contributed by atoms with E-state index in [1.54, 1.807) is 34.7 Å². The normalized spacial score (nSPS) is 11.5. The molecule has 0 saturated carbocycles. The van der Waals surface area contributed by atoms with Crippen LogP contribution in [0.3, 0.4) is 0 Å². The van der Waals surface area contributed by atoms with E-state index in [1.807, 2.05) is 43.3 Å². The Balaban J connectivity index is 2.22. The SMILES string of the molecule is COc1ccc(/C(C)=N\N=C\c2cc(OC)c(OC)c(OC)c2)cc1. The fraction of sp³-hybridized carbons (Fsp3) is 0.263. The molecule has 2 rings (SSSR count). The molecule has 132 valence electrons. The van der Waals surface area contributed by atoms with E-state index in [2.05, 4.69) is 10.2 Å². The lowest BCUT2D eigenvalue weighted by atomic mass is 10.1. The molecule has 0 aliphatic rings. The van der Waals surface area contributed by atoms with Crippen LogP contribution in [0.15, 0.2) is 46.6 Å². The highest BCUT2D eigenvalue weighted by atomic mass is 16.5. The predicted octanol–water partition coefficient (Wildman–Crippen LogP) is 3.56. The van der Waals surface area contributed by atoms with E-state index in [4.69, 9.17) is 18.9 Å². The average Bonchev–Trinajstić information content (AvgIpc) is 2.66. The number of hydrogen-bond acceptors (Lipinski definition) is 6. The maximum Gasteiger partial charge on any atom is 0.203 e. The van der Waals surface area contributed by atoms with Gasteiger partial charge in [-0.05, 0) is 48.9 Å². The zero-order valence-corrected chi connectivity index (χ0v) is 15.1. The number of methoxy groups -OCH3 is 4. The fourth-order valence-electron chi connectivity index (χ4n) is 2.25. The molecule has 0 spiro atoms. The molecule has 0 aromatic heterocycles. The molecular formula is C19H22N2O4. The van der Waals surface area contributed by atoms with E-state index in [-0.39, 0.29) is 0 Å². The molecule has 0 saturated heterocycles. The molecular weight excluding hydrogens is 320 g/mol. The summed E-state index contributed by atoms with van der Waals surface area (Å²) in [5, 5.41) is 8.38. The molecule has 0 unspecified atom stereocenters. The summed E-state index contributed by atoms with van der Waals surface area (Å²) in [6, 6.07) is 11.3. The van der Waals surface area contributed by atoms with Gasteiger partial charge in [0.2, 0.25) is 5.75 Å². The van der Waals surface area contributed by atoms with Crippen LogP contribution in [0, 0.1) is 0 Å². The van der Waals surface area contributed by atoms with E-state index < -0.39 is 0 Å². The quantitative estimate of drug-likeness (QED) is 0.570. The van der Waals surface area contributed by atoms with Gasteiger partial charge in [0.15, 0.2) is 11.5 Å². The fourth-order valence-corrected chi connectivity index (χ4v) is 2.25. The minimum atomic E-state index is 0.542. The van der Waals surface area contributed by atoms with E-state index in [1.165, 1.54) is 0 Å². The van der Waals surface area contributed by atoms with Crippen LogP contribution in [0.25, 0.3) is 0 Å². The predicted molar refractivity (Wildman–Crippen MR) is 98.9 cm³/mol. The lowest BCUT2D eigenvalue weighted by molar-refractivity contribution is 0.324. The van der Waals surface area contributed by atoms with Crippen molar-refractivity contribution in [3.8, 4) is 23.0 Å². The molecule has 2 aromatic rings. The minimum absolute atomic E-state index is 0.542. The molecule has 25 heavy (non-hydrogen) atoms. The monoisotopic (exact) mass is 342 g/mol. The number of benzene rings is 2. The van der Waals surface area contributed by atoms with Crippen LogP contribution in [0.1, 0.15) is 18.1 Å². The highest BCUT2D eigenvalue weighted by Crippen LogP contribution is 2.37. The van der Waals surface area contributed by atoms with Crippen molar-refractivity contribution < 1.29 is 18.9 Å². The zero-order valence-electron chi connectivity index (χ0n) is 15.1. The summed E-state index contributed by atoms with van der Waals surface area (Å²) in [7, 11) is 6.35. The van der Waals surface area contributed by atoms with Crippen LogP contribution in [0.4, 0.5) is 0 Å². The molecule has 0 aliphatic carbocycles. The summed E-state index contributed by atoms with van der Waals surface area (Å²) in [6.07, 6.45) is 1.64. The number of rotatable bonds is 7. The molecule has 0 bridgehead atoms. The molecule has 0 radical (unpaired) electrons. The second-order valence-electron chi connectivity index (χ2n) is 5.12. The van der Waals surface area contributed by atoms with Crippen LogP contribution in [-0.4, -0.2) is 40.4 Å². The van der Waals surface area contributed by atoms with Gasteiger partial charge in [0.25, 0.3) is 0 Å². The Hall–Kier alpha value is -3.02. The van der Waals surface area contributed by atoms with Crippen molar-refractivity contribution in [3.05, 3.63) is 47.5 Å². The van der Waals surface area contributed by atoms with E-state index in [9.17, 15) is 0 Å². The maximum absolute atomic E-state index is 5.32. The van der Waals surface area contributed by atoms with Crippen molar-refractivity contribution in [3.63, 3.8) is 0 Å². The summed E-state index contributed by atoms with van der Waals surface area (Å²) in [4.78, 5) is 0. The van der Waals surface area contributed by atoms with Crippen molar-refractivity contribution in [2.75, 3.05) is 28.4 Å². The molecule has 0 heterocycles. The summed E-state index contributed by atoms with van der Waals surface area (Å²) < 4.78 is 21.1. The van der Waals surface area contributed by atoms with E-state index >= 15 is 0 Å². The summed E-state index contributed by atoms with van der Waals surface area (Å²) in [5.74, 6) is 2.48. The van der Waals surface area contributed by atoms with E-state index in [0.29, 0.717) is 17.2 Å². The molecule has 0 amide bonds. The third kappa shape index (κ3) is 4.50. The molecule has 6 heteroatoms. The van der Waals surface area contributed by atoms with Gasteiger partial charge in [0.1, 0.15) is 5.75 Å². The third-order valence-corrected chi connectivity index (χ3v) is 3.61. The number of nitrogens with zero attached hydrogens (tertiary/aromatic N) is 2. The highest BCUT2D eigenvalue weighted by Gasteiger charge is 2.12. The second kappa shape index (κ2) is 8.73. The topological polar surface area (TPSA) is 61.6 Å². The Morgan fingerprint density at radius 2 is 1.44 bits per heavy atom. The minimum Gasteiger partial charge on any atom is -0.497 e. The smallest absolute Gasteiger partial charge is 0.203 e. The molecule has 0 fully saturated rings. The molecule has 0 N–H and O–H groups in total. The van der Waals surface area contributed by atoms with Crippen LogP contribution < -0.4 is 18.9 Å². The Labute approximate surface area is 147 Å². The van der Waals surface area contributed by atoms with Gasteiger partial charge in [-0.15, -0.1) is 0 Å². The van der Waals surface area contributed by atoms with E-state index in [0.717, 1.165) is 22.6 Å². The zero-order chi connectivity index (χ0) is 18.2. The van der Waals surface area contributed by atoms with Crippen molar-refractivity contribution in [2.24, 2.45) is 10.2 Å². The van der Waals surface area contributed by atoms with Gasteiger partial charge in [-0.2, -0.15) is 10.2 Å². The molecule has 2 aromatic carbocycles. The first-order valence-electron chi connectivity index (χ1n) is 7.65. The lowest BCUT2D eigenvalue weighted by Crippen LogP contribution is -1.97. The summed E-state index contributed by atoms with van der Waals surface area (Å²) in [6.45, 7) is 1.90. The first kappa shape index (κ1) is 18.3. The molecule has 0 atom stereocenters. The van der Waals surface area contributed by atoms with Gasteiger partial charge < -0.3 is 18.9 Å².